The van der Waals surface area contributed by atoms with Crippen LogP contribution >= 0.6 is 12.2 Å². The lowest BCUT2D eigenvalue weighted by molar-refractivity contribution is -0.142. The third kappa shape index (κ3) is 4.62. The van der Waals surface area contributed by atoms with E-state index in [2.05, 4.69) is 10.00 Å². The number of hydrogen-bond acceptors (Lipinski definition) is 7. The Morgan fingerprint density at radius 1 is 1.31 bits per heavy atom. The van der Waals surface area contributed by atoms with Crippen LogP contribution in [0.3, 0.4) is 0 Å². The molecular formula is C20H28N4O4S. The van der Waals surface area contributed by atoms with Crippen LogP contribution in [0.25, 0.3) is 0 Å². The van der Waals surface area contributed by atoms with E-state index in [1.54, 1.807) is 30.4 Å². The van der Waals surface area contributed by atoms with Gasteiger partial charge in [0.25, 0.3) is 0 Å². The van der Waals surface area contributed by atoms with E-state index in [1.165, 1.54) is 0 Å². The molecule has 1 atom stereocenters. The topological polar surface area (TPSA) is 70.8 Å². The highest BCUT2D eigenvalue weighted by molar-refractivity contribution is 7.71. The average molecular weight is 421 g/mol. The van der Waals surface area contributed by atoms with Gasteiger partial charge >= 0.3 is 5.97 Å². The van der Waals surface area contributed by atoms with Gasteiger partial charge in [-0.1, -0.05) is 0 Å². The van der Waals surface area contributed by atoms with Crippen molar-refractivity contribution in [3.05, 3.63) is 34.4 Å². The lowest BCUT2D eigenvalue weighted by Gasteiger charge is -2.26. The van der Waals surface area contributed by atoms with Crippen molar-refractivity contribution in [1.82, 2.24) is 19.2 Å². The molecule has 1 aromatic carbocycles. The summed E-state index contributed by atoms with van der Waals surface area (Å²) in [6, 6.07) is 6.05. The number of nitrogens with zero attached hydrogens (tertiary/aromatic N) is 4. The molecule has 0 unspecified atom stereocenters. The molecule has 1 aromatic heterocycles. The molecule has 0 saturated carbocycles. The molecule has 1 fully saturated rings. The third-order valence-corrected chi connectivity index (χ3v) is 5.70. The number of rotatable bonds is 8. The number of ether oxygens (including phenoxy) is 3. The van der Waals surface area contributed by atoms with E-state index in [0.717, 1.165) is 36.4 Å². The lowest BCUT2D eigenvalue weighted by Crippen LogP contribution is -2.27. The fourth-order valence-electron chi connectivity index (χ4n) is 3.74. The van der Waals surface area contributed by atoms with Crippen LogP contribution in [-0.2, 0) is 29.7 Å². The first kappa shape index (κ1) is 21.3. The van der Waals surface area contributed by atoms with Crippen molar-refractivity contribution >= 4 is 18.2 Å². The number of likely N-dealkylation sites (tertiary alicyclic amines) is 1. The van der Waals surface area contributed by atoms with Gasteiger partial charge in [0.05, 0.1) is 27.5 Å². The Balaban J connectivity index is 1.83. The van der Waals surface area contributed by atoms with Crippen LogP contribution in [0.1, 0.15) is 37.2 Å². The minimum atomic E-state index is -0.303. The molecule has 1 aliphatic rings. The molecule has 0 spiro atoms. The first-order valence-electron chi connectivity index (χ1n) is 9.72. The molecule has 8 nitrogen and oxygen atoms in total. The van der Waals surface area contributed by atoms with Gasteiger partial charge in [0.15, 0.2) is 4.77 Å². The Kier molecular flexibility index (Phi) is 6.92. The summed E-state index contributed by atoms with van der Waals surface area (Å²) in [6.07, 6.45) is 2.19. The molecule has 0 radical (unpaired) electrons. The van der Waals surface area contributed by atoms with Gasteiger partial charge in [-0.2, -0.15) is 5.10 Å². The van der Waals surface area contributed by atoms with Crippen molar-refractivity contribution in [2.45, 2.75) is 38.9 Å². The first-order chi connectivity index (χ1) is 14.0. The maximum atomic E-state index is 11.8. The van der Waals surface area contributed by atoms with Crippen molar-refractivity contribution in [2.24, 2.45) is 7.05 Å². The molecule has 0 aliphatic carbocycles. The average Bonchev–Trinajstić information content (AvgIpc) is 3.28. The maximum Gasteiger partial charge on any atom is 0.313 e. The van der Waals surface area contributed by atoms with Gasteiger partial charge in [-0.3, -0.25) is 9.69 Å². The van der Waals surface area contributed by atoms with Gasteiger partial charge < -0.3 is 18.8 Å². The van der Waals surface area contributed by atoms with Gasteiger partial charge in [-0.25, -0.2) is 4.68 Å². The number of esters is 1. The van der Waals surface area contributed by atoms with E-state index >= 15 is 0 Å². The molecule has 1 saturated heterocycles. The maximum absolute atomic E-state index is 11.8. The van der Waals surface area contributed by atoms with Gasteiger partial charge in [0, 0.05) is 25.2 Å². The number of carbonyl (C=O) groups excluding carboxylic acids is 1. The summed E-state index contributed by atoms with van der Waals surface area (Å²) < 4.78 is 20.1. The Hall–Kier alpha value is -2.39. The summed E-state index contributed by atoms with van der Waals surface area (Å²) in [7, 11) is 5.17. The number of benzene rings is 1. The van der Waals surface area contributed by atoms with E-state index < -0.39 is 0 Å². The number of hydrogen-bond donors (Lipinski definition) is 0. The van der Waals surface area contributed by atoms with E-state index in [4.69, 9.17) is 26.4 Å². The fourth-order valence-corrected chi connectivity index (χ4v) is 3.94. The number of methoxy groups -OCH3 is 2. The van der Waals surface area contributed by atoms with Crippen LogP contribution in [0, 0.1) is 4.77 Å². The molecule has 2 aromatic rings. The molecule has 0 bridgehead atoms. The molecule has 0 N–H and O–H groups in total. The van der Waals surface area contributed by atoms with E-state index in [0.29, 0.717) is 23.9 Å². The van der Waals surface area contributed by atoms with E-state index in [9.17, 15) is 4.79 Å². The second-order valence-electron chi connectivity index (χ2n) is 6.96. The van der Waals surface area contributed by atoms with Crippen LogP contribution in [0.2, 0.25) is 0 Å². The second-order valence-corrected chi connectivity index (χ2v) is 7.32. The Morgan fingerprint density at radius 3 is 2.79 bits per heavy atom. The van der Waals surface area contributed by atoms with E-state index in [1.807, 2.05) is 25.2 Å². The summed E-state index contributed by atoms with van der Waals surface area (Å²) in [5, 5.41) is 4.58. The van der Waals surface area contributed by atoms with Crippen LogP contribution in [0.15, 0.2) is 18.2 Å². The molecule has 158 valence electrons. The highest BCUT2D eigenvalue weighted by Gasteiger charge is 2.29. The van der Waals surface area contributed by atoms with Gasteiger partial charge in [-0.15, -0.1) is 0 Å². The van der Waals surface area contributed by atoms with Crippen LogP contribution in [0.5, 0.6) is 11.5 Å². The SMILES string of the molecule is CCOC(=O)Cc1nn(CN2CCC[C@H]2c2cc(OC)ccc2OC)c(=S)n1C. The molecule has 2 heterocycles. The standard InChI is InChI=1S/C20H28N4O4S/c1-5-28-19(25)12-18-21-24(20(29)22(18)2)13-23-10-6-7-16(23)15-11-14(26-3)8-9-17(15)27-4/h8-9,11,16H,5-7,10,12-13H2,1-4H3/t16-/m0/s1. The molecular weight excluding hydrogens is 392 g/mol. The Bertz CT molecular complexity index is 924. The van der Waals surface area contributed by atoms with Crippen LogP contribution < -0.4 is 9.47 Å². The van der Waals surface area contributed by atoms with Crippen molar-refractivity contribution in [3.8, 4) is 11.5 Å². The highest BCUT2D eigenvalue weighted by atomic mass is 32.1. The van der Waals surface area contributed by atoms with Crippen molar-refractivity contribution in [1.29, 1.82) is 0 Å². The predicted octanol–water partition coefficient (Wildman–Crippen LogP) is 2.87. The van der Waals surface area contributed by atoms with Gasteiger partial charge in [-0.05, 0) is 50.2 Å². The lowest BCUT2D eigenvalue weighted by atomic mass is 10.0. The van der Waals surface area contributed by atoms with Gasteiger partial charge in [0.2, 0.25) is 0 Å². The number of aromatic nitrogens is 3. The monoisotopic (exact) mass is 420 g/mol. The normalized spacial score (nSPS) is 16.8. The van der Waals surface area contributed by atoms with Crippen molar-refractivity contribution in [2.75, 3.05) is 27.4 Å². The summed E-state index contributed by atoms with van der Waals surface area (Å²) in [5.74, 6) is 1.94. The predicted molar refractivity (Wildman–Crippen MR) is 111 cm³/mol. The van der Waals surface area contributed by atoms with Crippen molar-refractivity contribution in [3.63, 3.8) is 0 Å². The molecule has 0 amide bonds. The molecule has 3 rings (SSSR count). The zero-order valence-electron chi connectivity index (χ0n) is 17.4. The summed E-state index contributed by atoms with van der Waals surface area (Å²) >= 11 is 5.55. The summed E-state index contributed by atoms with van der Waals surface area (Å²) in [6.45, 7) is 3.61. The van der Waals surface area contributed by atoms with E-state index in [-0.39, 0.29) is 18.4 Å². The van der Waals surface area contributed by atoms with Crippen LogP contribution in [-0.4, -0.2) is 52.6 Å². The highest BCUT2D eigenvalue weighted by Crippen LogP contribution is 2.39. The minimum absolute atomic E-state index is 0.105. The Morgan fingerprint density at radius 2 is 2.10 bits per heavy atom. The smallest absolute Gasteiger partial charge is 0.313 e. The number of carbonyl (C=O) groups is 1. The largest absolute Gasteiger partial charge is 0.497 e. The quantitative estimate of drug-likeness (QED) is 0.480. The van der Waals surface area contributed by atoms with Crippen LogP contribution in [0.4, 0.5) is 0 Å². The minimum Gasteiger partial charge on any atom is -0.497 e. The zero-order chi connectivity index (χ0) is 21.0. The zero-order valence-corrected chi connectivity index (χ0v) is 18.2. The summed E-state index contributed by atoms with van der Waals surface area (Å²) in [4.78, 5) is 14.2. The fraction of sp³-hybridized carbons (Fsp3) is 0.550. The van der Waals surface area contributed by atoms with Gasteiger partial charge in [0.1, 0.15) is 23.7 Å². The third-order valence-electron chi connectivity index (χ3n) is 5.21. The Labute approximate surface area is 176 Å². The summed E-state index contributed by atoms with van der Waals surface area (Å²) in [5.41, 5.74) is 1.10. The first-order valence-corrected chi connectivity index (χ1v) is 10.1. The van der Waals surface area contributed by atoms with Crippen molar-refractivity contribution < 1.29 is 19.0 Å². The molecule has 29 heavy (non-hydrogen) atoms. The molecule has 9 heteroatoms. The molecule has 1 aliphatic heterocycles. The second kappa shape index (κ2) is 9.41.